The highest BCUT2D eigenvalue weighted by atomic mass is 32.2. The summed E-state index contributed by atoms with van der Waals surface area (Å²) >= 11 is 0. The molecule has 0 radical (unpaired) electrons. The number of piperidine rings is 1. The molecule has 8 heteroatoms. The minimum absolute atomic E-state index is 0.137. The van der Waals surface area contributed by atoms with Crippen molar-refractivity contribution in [3.63, 3.8) is 0 Å². The Bertz CT molecular complexity index is 698. The highest BCUT2D eigenvalue weighted by Gasteiger charge is 2.23. The van der Waals surface area contributed by atoms with Crippen LogP contribution in [0.3, 0.4) is 0 Å². The Hall–Kier alpha value is -1.48. The molecule has 2 rings (SSSR count). The third kappa shape index (κ3) is 6.57. The Morgan fingerprint density at radius 3 is 2.44 bits per heavy atom. The molecule has 152 valence electrons. The Kier molecular flexibility index (Phi) is 8.22. The molecular formula is C19H32N3O4S+. The van der Waals surface area contributed by atoms with Crippen LogP contribution in [0.25, 0.3) is 0 Å². The van der Waals surface area contributed by atoms with E-state index in [1.54, 1.807) is 24.0 Å². The zero-order valence-corrected chi connectivity index (χ0v) is 17.3. The van der Waals surface area contributed by atoms with E-state index >= 15 is 0 Å². The molecule has 0 unspecified atom stereocenters. The Morgan fingerprint density at radius 2 is 1.89 bits per heavy atom. The molecule has 0 bridgehead atoms. The second-order valence-corrected chi connectivity index (χ2v) is 8.96. The van der Waals surface area contributed by atoms with E-state index in [2.05, 4.69) is 17.0 Å². The van der Waals surface area contributed by atoms with Gasteiger partial charge in [0.25, 0.3) is 5.91 Å². The number of carbonyl (C=O) groups is 1. The van der Waals surface area contributed by atoms with Crippen molar-refractivity contribution in [2.24, 2.45) is 0 Å². The number of hydrogen-bond acceptors (Lipinski definition) is 4. The second-order valence-electron chi connectivity index (χ2n) is 7.25. The molecule has 7 nitrogen and oxygen atoms in total. The van der Waals surface area contributed by atoms with Crippen LogP contribution in [0, 0.1) is 0 Å². The lowest BCUT2D eigenvalue weighted by Crippen LogP contribution is -3.13. The summed E-state index contributed by atoms with van der Waals surface area (Å²) in [6, 6.07) is 5.90. The summed E-state index contributed by atoms with van der Waals surface area (Å²) in [6.07, 6.45) is 3.14. The van der Waals surface area contributed by atoms with Gasteiger partial charge in [-0.1, -0.05) is 6.92 Å². The molecule has 1 aromatic rings. The highest BCUT2D eigenvalue weighted by Crippen LogP contribution is 2.12. The van der Waals surface area contributed by atoms with Crippen LogP contribution in [0.2, 0.25) is 0 Å². The van der Waals surface area contributed by atoms with Crippen molar-refractivity contribution >= 4 is 15.9 Å². The maximum absolute atomic E-state index is 12.4. The van der Waals surface area contributed by atoms with Gasteiger partial charge in [0.15, 0.2) is 0 Å². The molecule has 0 aliphatic carbocycles. The lowest BCUT2D eigenvalue weighted by atomic mass is 10.0. The summed E-state index contributed by atoms with van der Waals surface area (Å²) in [5, 5.41) is 3.07. The van der Waals surface area contributed by atoms with Gasteiger partial charge in [-0.15, -0.1) is 0 Å². The molecule has 1 aromatic carbocycles. The molecule has 0 saturated carbocycles. The van der Waals surface area contributed by atoms with Crippen LogP contribution < -0.4 is 14.9 Å². The number of carbonyl (C=O) groups excluding carboxylic acids is 1. The van der Waals surface area contributed by atoms with E-state index in [4.69, 9.17) is 4.74 Å². The summed E-state index contributed by atoms with van der Waals surface area (Å²) in [5.41, 5.74) is 0.474. The van der Waals surface area contributed by atoms with Crippen LogP contribution in [-0.4, -0.2) is 59.8 Å². The van der Waals surface area contributed by atoms with E-state index in [1.165, 1.54) is 32.2 Å². The zero-order chi connectivity index (χ0) is 19.9. The van der Waals surface area contributed by atoms with Crippen LogP contribution in [0.4, 0.5) is 0 Å². The number of methoxy groups -OCH3 is 1. The van der Waals surface area contributed by atoms with Crippen molar-refractivity contribution in [1.29, 1.82) is 0 Å². The van der Waals surface area contributed by atoms with Gasteiger partial charge in [-0.05, 0) is 37.6 Å². The smallest absolute Gasteiger partial charge is 0.251 e. The van der Waals surface area contributed by atoms with E-state index in [0.717, 1.165) is 25.9 Å². The van der Waals surface area contributed by atoms with Gasteiger partial charge < -0.3 is 15.0 Å². The maximum Gasteiger partial charge on any atom is 0.251 e. The fraction of sp³-hybridized carbons (Fsp3) is 0.632. The van der Waals surface area contributed by atoms with Crippen LogP contribution >= 0.6 is 0 Å². The first-order valence-electron chi connectivity index (χ1n) is 9.61. The molecule has 27 heavy (non-hydrogen) atoms. The van der Waals surface area contributed by atoms with Crippen LogP contribution in [0.5, 0.6) is 0 Å². The third-order valence-electron chi connectivity index (χ3n) is 4.83. The van der Waals surface area contributed by atoms with Gasteiger partial charge in [0.2, 0.25) is 10.0 Å². The number of ether oxygens (including phenoxy) is 1. The number of nitrogens with one attached hydrogen (secondary N) is 3. The molecule has 1 heterocycles. The van der Waals surface area contributed by atoms with E-state index in [-0.39, 0.29) is 22.9 Å². The van der Waals surface area contributed by atoms with Crippen molar-refractivity contribution < 1.29 is 22.8 Å². The first-order chi connectivity index (χ1) is 12.9. The van der Waals surface area contributed by atoms with Crippen molar-refractivity contribution in [3.05, 3.63) is 29.8 Å². The highest BCUT2D eigenvalue weighted by molar-refractivity contribution is 7.89. The minimum atomic E-state index is -3.63. The van der Waals surface area contributed by atoms with Gasteiger partial charge in [0.1, 0.15) is 0 Å². The minimum Gasteiger partial charge on any atom is -0.383 e. The van der Waals surface area contributed by atoms with Gasteiger partial charge in [0, 0.05) is 37.6 Å². The summed E-state index contributed by atoms with van der Waals surface area (Å²) in [7, 11) is -2.11. The summed E-state index contributed by atoms with van der Waals surface area (Å²) in [5.74, 6) is -0.149. The van der Waals surface area contributed by atoms with E-state index in [9.17, 15) is 13.2 Å². The first kappa shape index (κ1) is 21.8. The predicted molar refractivity (Wildman–Crippen MR) is 104 cm³/mol. The number of sulfonamides is 1. The van der Waals surface area contributed by atoms with Crippen molar-refractivity contribution in [1.82, 2.24) is 10.0 Å². The molecule has 1 atom stereocenters. The summed E-state index contributed by atoms with van der Waals surface area (Å²) in [4.78, 5) is 14.2. The largest absolute Gasteiger partial charge is 0.383 e. The topological polar surface area (TPSA) is 88.9 Å². The Balaban J connectivity index is 1.92. The SMILES string of the molecule is CCC[NH+]1CCC(NC(=O)c2ccc(S(=O)(=O)N[C@H](C)COC)cc2)CC1. The van der Waals surface area contributed by atoms with E-state index < -0.39 is 10.0 Å². The second kappa shape index (κ2) is 10.2. The average molecular weight is 399 g/mol. The molecule has 3 N–H and O–H groups in total. The van der Waals surface area contributed by atoms with Gasteiger partial charge in [0.05, 0.1) is 31.1 Å². The molecule has 1 saturated heterocycles. The van der Waals surface area contributed by atoms with Crippen LogP contribution in [0.1, 0.15) is 43.5 Å². The van der Waals surface area contributed by atoms with Crippen molar-refractivity contribution in [3.8, 4) is 0 Å². The number of hydrogen-bond donors (Lipinski definition) is 3. The Morgan fingerprint density at radius 1 is 1.26 bits per heavy atom. The molecular weight excluding hydrogens is 366 g/mol. The van der Waals surface area contributed by atoms with Crippen molar-refractivity contribution in [2.45, 2.75) is 50.1 Å². The van der Waals surface area contributed by atoms with Gasteiger partial charge in [-0.2, -0.15) is 0 Å². The maximum atomic E-state index is 12.4. The number of benzene rings is 1. The molecule has 1 aliphatic rings. The fourth-order valence-electron chi connectivity index (χ4n) is 3.45. The van der Waals surface area contributed by atoms with E-state index in [0.29, 0.717) is 12.2 Å². The zero-order valence-electron chi connectivity index (χ0n) is 16.5. The lowest BCUT2D eigenvalue weighted by molar-refractivity contribution is -0.905. The van der Waals surface area contributed by atoms with Gasteiger partial charge >= 0.3 is 0 Å². The molecule has 1 fully saturated rings. The van der Waals surface area contributed by atoms with Gasteiger partial charge in [-0.3, -0.25) is 4.79 Å². The summed E-state index contributed by atoms with van der Waals surface area (Å²) < 4.78 is 32.2. The molecule has 1 amide bonds. The standard InChI is InChI=1S/C19H31N3O4S/c1-4-11-22-12-9-17(10-13-22)20-19(23)16-5-7-18(8-6-16)27(24,25)21-15(2)14-26-3/h5-8,15,17,21H,4,9-14H2,1-3H3,(H,20,23)/p+1/t15-/m1/s1. The normalized spacial score (nSPS) is 21.6. The van der Waals surface area contributed by atoms with Crippen LogP contribution in [0.15, 0.2) is 29.2 Å². The third-order valence-corrected chi connectivity index (χ3v) is 6.44. The quantitative estimate of drug-likeness (QED) is 0.554. The Labute approximate surface area is 162 Å². The number of amides is 1. The number of rotatable bonds is 9. The molecule has 0 spiro atoms. The number of quaternary nitrogens is 1. The van der Waals surface area contributed by atoms with Crippen LogP contribution in [-0.2, 0) is 14.8 Å². The number of likely N-dealkylation sites (tertiary alicyclic amines) is 1. The van der Waals surface area contributed by atoms with Crippen molar-refractivity contribution in [2.75, 3.05) is 33.4 Å². The lowest BCUT2D eigenvalue weighted by Gasteiger charge is -2.29. The summed E-state index contributed by atoms with van der Waals surface area (Å²) in [6.45, 7) is 7.57. The monoisotopic (exact) mass is 398 g/mol. The predicted octanol–water partition coefficient (Wildman–Crippen LogP) is 0.187. The molecule has 1 aliphatic heterocycles. The average Bonchev–Trinajstić information content (AvgIpc) is 2.63. The fourth-order valence-corrected chi connectivity index (χ4v) is 4.67. The molecule has 0 aromatic heterocycles. The van der Waals surface area contributed by atoms with Gasteiger partial charge in [-0.25, -0.2) is 13.1 Å². The van der Waals surface area contributed by atoms with E-state index in [1.807, 2.05) is 0 Å². The first-order valence-corrected chi connectivity index (χ1v) is 11.1.